The molecule has 4 nitrogen and oxygen atoms in total. The summed E-state index contributed by atoms with van der Waals surface area (Å²) >= 11 is 0. The second-order valence-electron chi connectivity index (χ2n) is 8.05. The first-order valence-electron chi connectivity index (χ1n) is 9.89. The Morgan fingerprint density at radius 1 is 0.607 bits per heavy atom. The van der Waals surface area contributed by atoms with Crippen LogP contribution in [0, 0.1) is 69.2 Å². The second kappa shape index (κ2) is 7.08. The summed E-state index contributed by atoms with van der Waals surface area (Å²) in [5.41, 5.74) is 14.8. The van der Waals surface area contributed by atoms with E-state index < -0.39 is 0 Å². The monoisotopic (exact) mass is 376 g/mol. The van der Waals surface area contributed by atoms with Gasteiger partial charge >= 0.3 is 0 Å². The smallest absolute Gasteiger partial charge is 0.140 e. The van der Waals surface area contributed by atoms with Crippen molar-refractivity contribution in [2.45, 2.75) is 69.2 Å². The molecule has 0 atom stereocenters. The minimum Gasteiger partial charge on any atom is -0.305 e. The number of aromatic nitrogens is 4. The van der Waals surface area contributed by atoms with Gasteiger partial charge in [0.05, 0.1) is 0 Å². The first kappa shape index (κ1) is 20.1. The van der Waals surface area contributed by atoms with Crippen molar-refractivity contribution in [1.29, 1.82) is 0 Å². The molecule has 0 N–H and O–H groups in total. The molecule has 0 aliphatic heterocycles. The van der Waals surface area contributed by atoms with Gasteiger partial charge in [0.1, 0.15) is 11.3 Å². The van der Waals surface area contributed by atoms with Gasteiger partial charge in [0.15, 0.2) is 0 Å². The number of nitrogens with zero attached hydrogens (tertiary/aromatic N) is 4. The quantitative estimate of drug-likeness (QED) is 0.391. The first-order valence-corrected chi connectivity index (χ1v) is 9.89. The van der Waals surface area contributed by atoms with E-state index >= 15 is 0 Å². The molecule has 0 aromatic carbocycles. The predicted octanol–water partition coefficient (Wildman–Crippen LogP) is 5.75. The van der Waals surface area contributed by atoms with Gasteiger partial charge in [-0.3, -0.25) is 0 Å². The molecule has 0 saturated heterocycles. The Balaban J connectivity index is 0.000000161. The molecule has 0 radical (unpaired) electrons. The van der Waals surface area contributed by atoms with Gasteiger partial charge in [0.2, 0.25) is 0 Å². The Morgan fingerprint density at radius 3 is 1.82 bits per heavy atom. The Hall–Kier alpha value is -2.62. The minimum atomic E-state index is 1.07. The van der Waals surface area contributed by atoms with E-state index in [1.165, 1.54) is 44.9 Å². The molecular weight excluding hydrogens is 344 g/mol. The Bertz CT molecular complexity index is 1210. The van der Waals surface area contributed by atoms with E-state index in [1.54, 1.807) is 0 Å². The molecule has 4 heteroatoms. The van der Waals surface area contributed by atoms with E-state index in [2.05, 4.69) is 100 Å². The molecule has 0 bridgehead atoms. The van der Waals surface area contributed by atoms with Crippen molar-refractivity contribution < 1.29 is 0 Å². The van der Waals surface area contributed by atoms with E-state index in [-0.39, 0.29) is 0 Å². The Labute approximate surface area is 168 Å². The van der Waals surface area contributed by atoms with Gasteiger partial charge in [-0.1, -0.05) is 0 Å². The molecule has 0 saturated carbocycles. The molecule has 0 amide bonds. The molecule has 4 aromatic rings. The summed E-state index contributed by atoms with van der Waals surface area (Å²) in [4.78, 5) is 9.20. The summed E-state index contributed by atoms with van der Waals surface area (Å²) in [6.45, 7) is 21.2. The summed E-state index contributed by atoms with van der Waals surface area (Å²) in [6.07, 6.45) is 2.17. The maximum absolute atomic E-state index is 4.62. The van der Waals surface area contributed by atoms with Crippen LogP contribution in [-0.4, -0.2) is 18.8 Å². The maximum atomic E-state index is 4.62. The van der Waals surface area contributed by atoms with E-state index in [0.717, 1.165) is 22.7 Å². The fourth-order valence-corrected chi connectivity index (χ4v) is 3.69. The van der Waals surface area contributed by atoms with Crippen LogP contribution in [0.15, 0.2) is 12.3 Å². The van der Waals surface area contributed by atoms with Crippen LogP contribution in [0.3, 0.4) is 0 Å². The Kier molecular flexibility index (Phi) is 5.09. The predicted molar refractivity (Wildman–Crippen MR) is 118 cm³/mol. The van der Waals surface area contributed by atoms with Crippen LogP contribution in [0.2, 0.25) is 0 Å². The van der Waals surface area contributed by atoms with Crippen molar-refractivity contribution in [2.75, 3.05) is 0 Å². The molecule has 0 aliphatic rings. The zero-order chi connectivity index (χ0) is 20.9. The minimum absolute atomic E-state index is 1.07. The topological polar surface area (TPSA) is 34.6 Å². The molecular formula is C24H32N4. The lowest BCUT2D eigenvalue weighted by Crippen LogP contribution is -2.01. The van der Waals surface area contributed by atoms with E-state index in [1.807, 2.05) is 0 Å². The summed E-state index contributed by atoms with van der Waals surface area (Å²) in [5.74, 6) is 0. The van der Waals surface area contributed by atoms with Crippen molar-refractivity contribution in [3.63, 3.8) is 0 Å². The highest BCUT2D eigenvalue weighted by Crippen LogP contribution is 2.21. The normalized spacial score (nSPS) is 11.2. The van der Waals surface area contributed by atoms with Crippen LogP contribution < -0.4 is 0 Å². The van der Waals surface area contributed by atoms with Crippen molar-refractivity contribution in [1.82, 2.24) is 18.8 Å². The fraction of sp³-hybridized carbons (Fsp3) is 0.417. The van der Waals surface area contributed by atoms with Crippen LogP contribution in [0.25, 0.3) is 11.3 Å². The number of fused-ring (bicyclic) bond motifs is 2. The van der Waals surface area contributed by atoms with Gasteiger partial charge in [-0.05, 0) is 103 Å². The van der Waals surface area contributed by atoms with Crippen LogP contribution >= 0.6 is 0 Å². The number of hydrogen-bond donors (Lipinski definition) is 0. The SMILES string of the molecule is Cc1cc2nc(C)c(C)c(C)n2c1C.Cc1cn2c(C)c(C)c(C)nc2c1C. The molecule has 148 valence electrons. The zero-order valence-electron chi connectivity index (χ0n) is 18.9. The number of hydrogen-bond acceptors (Lipinski definition) is 2. The maximum Gasteiger partial charge on any atom is 0.140 e. The van der Waals surface area contributed by atoms with Gasteiger partial charge in [-0.2, -0.15) is 0 Å². The highest BCUT2D eigenvalue weighted by Gasteiger charge is 2.10. The van der Waals surface area contributed by atoms with Crippen LogP contribution in [-0.2, 0) is 0 Å². The standard InChI is InChI=1S/2C12H16N2/c1-7-6-12-13-9(3)8(2)11(5)14(12)10(7)4;1-7-6-14-11(5)9(3)10(4)13-12(14)8(7)2/h2*6H,1-5H3. The van der Waals surface area contributed by atoms with E-state index in [4.69, 9.17) is 0 Å². The van der Waals surface area contributed by atoms with Gasteiger partial charge < -0.3 is 8.80 Å². The molecule has 0 spiro atoms. The zero-order valence-corrected chi connectivity index (χ0v) is 18.9. The molecule has 0 unspecified atom stereocenters. The summed E-state index contributed by atoms with van der Waals surface area (Å²) < 4.78 is 4.42. The third-order valence-corrected chi connectivity index (χ3v) is 6.38. The number of aryl methyl sites for hydroxylation is 8. The van der Waals surface area contributed by atoms with Crippen LogP contribution in [0.4, 0.5) is 0 Å². The first-order chi connectivity index (χ1) is 13.0. The summed E-state index contributed by atoms with van der Waals surface area (Å²) in [7, 11) is 0. The largest absolute Gasteiger partial charge is 0.305 e. The second-order valence-corrected chi connectivity index (χ2v) is 8.05. The van der Waals surface area contributed by atoms with E-state index in [0.29, 0.717) is 0 Å². The molecule has 4 heterocycles. The number of rotatable bonds is 0. The highest BCUT2D eigenvalue weighted by molar-refractivity contribution is 5.55. The highest BCUT2D eigenvalue weighted by atomic mass is 15.0. The van der Waals surface area contributed by atoms with Gasteiger partial charge in [0, 0.05) is 34.7 Å². The van der Waals surface area contributed by atoms with Crippen molar-refractivity contribution in [3.05, 3.63) is 68.6 Å². The molecule has 4 aromatic heterocycles. The van der Waals surface area contributed by atoms with Crippen molar-refractivity contribution in [3.8, 4) is 0 Å². The van der Waals surface area contributed by atoms with Gasteiger partial charge in [-0.25, -0.2) is 9.97 Å². The lowest BCUT2D eigenvalue weighted by molar-refractivity contribution is 0.956. The fourth-order valence-electron chi connectivity index (χ4n) is 3.69. The Morgan fingerprint density at radius 2 is 1.18 bits per heavy atom. The van der Waals surface area contributed by atoms with Gasteiger partial charge in [-0.15, -0.1) is 0 Å². The average Bonchev–Trinajstić information content (AvgIpc) is 3.08. The summed E-state index contributed by atoms with van der Waals surface area (Å²) in [6, 6.07) is 2.15. The lowest BCUT2D eigenvalue weighted by Gasteiger charge is -2.09. The summed E-state index contributed by atoms with van der Waals surface area (Å²) in [5, 5.41) is 0. The third-order valence-electron chi connectivity index (χ3n) is 6.38. The van der Waals surface area contributed by atoms with E-state index in [9.17, 15) is 0 Å². The molecule has 0 fully saturated rings. The molecule has 0 aliphatic carbocycles. The van der Waals surface area contributed by atoms with Crippen LogP contribution in [0.1, 0.15) is 56.3 Å². The molecule has 28 heavy (non-hydrogen) atoms. The van der Waals surface area contributed by atoms with Crippen molar-refractivity contribution in [2.24, 2.45) is 0 Å². The van der Waals surface area contributed by atoms with Crippen molar-refractivity contribution >= 4 is 11.3 Å². The van der Waals surface area contributed by atoms with Crippen LogP contribution in [0.5, 0.6) is 0 Å². The lowest BCUT2D eigenvalue weighted by atomic mass is 10.2. The average molecular weight is 377 g/mol. The van der Waals surface area contributed by atoms with Gasteiger partial charge in [0.25, 0.3) is 0 Å². The third kappa shape index (κ3) is 3.11. The molecule has 4 rings (SSSR count).